The number of benzene rings is 1. The van der Waals surface area contributed by atoms with Crippen LogP contribution in [0.15, 0.2) is 40.9 Å². The number of aromatic nitrogens is 3. The van der Waals surface area contributed by atoms with Crippen LogP contribution in [0, 0.1) is 5.82 Å². The van der Waals surface area contributed by atoms with Gasteiger partial charge in [0.1, 0.15) is 5.82 Å². The lowest BCUT2D eigenvalue weighted by Crippen LogP contribution is -3.72. The molecule has 0 radical (unpaired) electrons. The molecule has 0 aliphatic heterocycles. The summed E-state index contributed by atoms with van der Waals surface area (Å²) in [4.78, 5) is 4.16. The Labute approximate surface area is 156 Å². The minimum Gasteiger partial charge on any atom is -0.558 e. The Morgan fingerprint density at radius 3 is 2.73 bits per heavy atom. The molecule has 0 atom stereocenters. The molecule has 0 aliphatic rings. The van der Waals surface area contributed by atoms with Gasteiger partial charge < -0.3 is 13.2 Å². The topological polar surface area (TPSA) is 96.1 Å². The third kappa shape index (κ3) is 4.40. The van der Waals surface area contributed by atoms with Gasteiger partial charge in [-0.1, -0.05) is 0 Å². The Morgan fingerprint density at radius 1 is 1.23 bits per heavy atom. The fourth-order valence-corrected chi connectivity index (χ4v) is 2.60. The van der Waals surface area contributed by atoms with Gasteiger partial charge in [-0.25, -0.2) is 4.39 Å². The van der Waals surface area contributed by atoms with Crippen molar-refractivity contribution in [3.8, 4) is 17.2 Å². The lowest BCUT2D eigenvalue weighted by atomic mass is 10.2. The highest BCUT2D eigenvalue weighted by Gasteiger charge is 2.17. The summed E-state index contributed by atoms with van der Waals surface area (Å²) in [7, 11) is 0. The molecule has 1 N–H and O–H groups in total. The van der Waals surface area contributed by atoms with E-state index in [0.29, 0.717) is 16.9 Å². The van der Waals surface area contributed by atoms with E-state index in [4.69, 9.17) is 7.48 Å². The first-order valence-electron chi connectivity index (χ1n) is 7.11. The molecule has 2 aromatic heterocycles. The van der Waals surface area contributed by atoms with E-state index in [1.54, 1.807) is 12.1 Å². The number of pyridine rings is 1. The minimum atomic E-state index is -2.84. The van der Waals surface area contributed by atoms with Crippen LogP contribution in [0.1, 0.15) is 18.0 Å². The van der Waals surface area contributed by atoms with Gasteiger partial charge in [0.2, 0.25) is 11.6 Å². The molecule has 3 aromatic rings. The van der Waals surface area contributed by atoms with Gasteiger partial charge in [0.15, 0.2) is 0 Å². The standard InChI is InChI=1S/C15H10F3IN4O3/c16-9-2-4-12(26-19-24)11(5-9)21-7-10-3-1-8(6-20-10)14-22-23-15(25-14)13(17)18/h1-6,13,21H,7H2. The average molecular weight is 478 g/mol. The Balaban J connectivity index is 1.69. The molecule has 0 bridgehead atoms. The highest BCUT2D eigenvalue weighted by Crippen LogP contribution is 2.25. The van der Waals surface area contributed by atoms with Crippen molar-refractivity contribution in [2.24, 2.45) is 0 Å². The first-order valence-corrected chi connectivity index (χ1v) is 8.87. The van der Waals surface area contributed by atoms with Crippen LogP contribution in [0.5, 0.6) is 5.75 Å². The van der Waals surface area contributed by atoms with E-state index in [2.05, 4.69) is 20.5 Å². The van der Waals surface area contributed by atoms with Crippen molar-refractivity contribution in [1.29, 1.82) is 0 Å². The molecule has 3 rings (SSSR count). The zero-order chi connectivity index (χ0) is 18.5. The van der Waals surface area contributed by atoms with E-state index in [9.17, 15) is 16.6 Å². The van der Waals surface area contributed by atoms with Crippen LogP contribution < -0.4 is 33.9 Å². The molecule has 1 aromatic carbocycles. The van der Waals surface area contributed by atoms with Gasteiger partial charge in [0.25, 0.3) is 5.89 Å². The molecule has 0 fully saturated rings. The molecule has 7 nitrogen and oxygen atoms in total. The molecule has 0 unspecified atom stereocenters. The smallest absolute Gasteiger partial charge is 0.514 e. The molecule has 0 amide bonds. The zero-order valence-electron chi connectivity index (χ0n) is 12.8. The van der Waals surface area contributed by atoms with Gasteiger partial charge in [-0.05, 0) is 24.3 Å². The van der Waals surface area contributed by atoms with E-state index in [-0.39, 0.29) is 18.2 Å². The SMILES string of the molecule is [O-][I+]Oc1ccc(F)cc1NCc1ccc(-c2nnc(C(F)F)o2)cn1. The monoisotopic (exact) mass is 478 g/mol. The van der Waals surface area contributed by atoms with E-state index in [1.807, 2.05) is 0 Å². The highest BCUT2D eigenvalue weighted by molar-refractivity contribution is 5.56. The van der Waals surface area contributed by atoms with Gasteiger partial charge in [0, 0.05) is 12.3 Å². The molecule has 0 saturated heterocycles. The lowest BCUT2D eigenvalue weighted by Gasteiger charge is -2.08. The van der Waals surface area contributed by atoms with Crippen molar-refractivity contribution < 1.29 is 46.1 Å². The summed E-state index contributed by atoms with van der Waals surface area (Å²) in [6.07, 6.45) is -1.45. The molecule has 2 heterocycles. The molecule has 0 aliphatic carbocycles. The van der Waals surface area contributed by atoms with Crippen LogP contribution in [0.3, 0.4) is 0 Å². The second-order valence-corrected chi connectivity index (χ2v) is 5.72. The van der Waals surface area contributed by atoms with Crippen molar-refractivity contribution >= 4 is 5.69 Å². The molecular formula is C15H10F3IN4O3. The third-order valence-electron chi connectivity index (χ3n) is 3.22. The summed E-state index contributed by atoms with van der Waals surface area (Å²) in [5, 5.41) is 9.72. The van der Waals surface area contributed by atoms with Crippen molar-refractivity contribution in [3.05, 3.63) is 53.9 Å². The van der Waals surface area contributed by atoms with Gasteiger partial charge in [-0.15, -0.1) is 10.2 Å². The largest absolute Gasteiger partial charge is 0.558 e. The number of alkyl halides is 2. The maximum atomic E-state index is 13.4. The average Bonchev–Trinajstić information content (AvgIpc) is 3.13. The van der Waals surface area contributed by atoms with Gasteiger partial charge in [-0.2, -0.15) is 8.78 Å². The van der Waals surface area contributed by atoms with E-state index < -0.39 is 40.2 Å². The van der Waals surface area contributed by atoms with Crippen LogP contribution in [0.2, 0.25) is 0 Å². The quantitative estimate of drug-likeness (QED) is 0.457. The third-order valence-corrected chi connectivity index (χ3v) is 3.87. The number of halogens is 4. The van der Waals surface area contributed by atoms with Crippen LogP contribution >= 0.6 is 0 Å². The van der Waals surface area contributed by atoms with Crippen LogP contribution in [0.4, 0.5) is 18.9 Å². The second-order valence-electron chi connectivity index (χ2n) is 4.92. The van der Waals surface area contributed by atoms with Crippen molar-refractivity contribution in [2.45, 2.75) is 13.0 Å². The van der Waals surface area contributed by atoms with E-state index in [1.165, 1.54) is 24.4 Å². The number of nitrogens with one attached hydrogen (secondary N) is 1. The summed E-state index contributed by atoms with van der Waals surface area (Å²) in [5.74, 6) is -1.02. The summed E-state index contributed by atoms with van der Waals surface area (Å²) in [6.45, 7) is 0.226. The molecule has 136 valence electrons. The number of hydrogen-bond donors (Lipinski definition) is 1. The van der Waals surface area contributed by atoms with E-state index in [0.717, 1.165) is 0 Å². The Bertz CT molecular complexity index is 877. The summed E-state index contributed by atoms with van der Waals surface area (Å²) in [5.41, 5.74) is 1.30. The maximum Gasteiger partial charge on any atom is 0.514 e. The molecule has 11 heteroatoms. The van der Waals surface area contributed by atoms with Gasteiger partial charge >= 0.3 is 28.5 Å². The molecular weight excluding hydrogens is 468 g/mol. The molecule has 26 heavy (non-hydrogen) atoms. The molecule has 0 spiro atoms. The van der Waals surface area contributed by atoms with Crippen molar-refractivity contribution in [3.63, 3.8) is 0 Å². The summed E-state index contributed by atoms with van der Waals surface area (Å²) >= 11 is -1.70. The first kappa shape index (κ1) is 18.4. The number of rotatable bonds is 7. The predicted octanol–water partition coefficient (Wildman–Crippen LogP) is -0.522. The maximum absolute atomic E-state index is 13.4. The Morgan fingerprint density at radius 2 is 2.08 bits per heavy atom. The lowest BCUT2D eigenvalue weighted by molar-refractivity contribution is -1.25. The van der Waals surface area contributed by atoms with Crippen molar-refractivity contribution in [2.75, 3.05) is 5.32 Å². The molecule has 0 saturated carbocycles. The summed E-state index contributed by atoms with van der Waals surface area (Å²) in [6, 6.07) is 6.99. The second kappa shape index (κ2) is 8.31. The Hall–Kier alpha value is -2.41. The van der Waals surface area contributed by atoms with Crippen molar-refractivity contribution in [1.82, 2.24) is 15.2 Å². The Kier molecular flexibility index (Phi) is 5.88. The summed E-state index contributed by atoms with van der Waals surface area (Å²) < 4.78 is 58.8. The number of hydrogen-bond acceptors (Lipinski definition) is 7. The number of nitrogens with zero attached hydrogens (tertiary/aromatic N) is 3. The normalized spacial score (nSPS) is 11.0. The number of anilines is 1. The van der Waals surface area contributed by atoms with E-state index >= 15 is 0 Å². The highest BCUT2D eigenvalue weighted by atomic mass is 127. The zero-order valence-corrected chi connectivity index (χ0v) is 15.0. The van der Waals surface area contributed by atoms with Gasteiger partial charge in [0.05, 0.1) is 23.5 Å². The van der Waals surface area contributed by atoms with Crippen LogP contribution in [-0.4, -0.2) is 15.2 Å². The predicted molar refractivity (Wildman–Crippen MR) is 76.8 cm³/mol. The van der Waals surface area contributed by atoms with Gasteiger partial charge in [-0.3, -0.25) is 8.05 Å². The fraction of sp³-hybridized carbons (Fsp3) is 0.133. The van der Waals surface area contributed by atoms with Crippen LogP contribution in [0.25, 0.3) is 11.5 Å². The van der Waals surface area contributed by atoms with Crippen LogP contribution in [-0.2, 0) is 6.54 Å². The first-order chi connectivity index (χ1) is 12.6. The fourth-order valence-electron chi connectivity index (χ4n) is 2.02. The minimum absolute atomic E-state index is 0.0625.